The second-order valence-corrected chi connectivity index (χ2v) is 40.0. The van der Waals surface area contributed by atoms with Gasteiger partial charge in [0.2, 0.25) is 0 Å². The molecule has 0 saturated carbocycles. The zero-order chi connectivity index (χ0) is 51.2. The Kier molecular flexibility index (Phi) is 17.5. The van der Waals surface area contributed by atoms with Crippen LogP contribution in [0.1, 0.15) is 203 Å². The topological polar surface area (TPSA) is 19.4 Å². The average molecular weight is 1070 g/mol. The van der Waals surface area contributed by atoms with Crippen molar-refractivity contribution in [2.24, 2.45) is 0 Å². The van der Waals surface area contributed by atoms with Crippen molar-refractivity contribution < 1.29 is 0 Å². The summed E-state index contributed by atoms with van der Waals surface area (Å²) in [6.07, 6.45) is 9.90. The first-order valence-electron chi connectivity index (χ1n) is 26.6. The molecule has 2 radical (unpaired) electrons. The van der Waals surface area contributed by atoms with E-state index in [1.807, 2.05) is 0 Å². The Morgan fingerprint density at radius 1 is 0.319 bits per heavy atom. The molecule has 0 spiro atoms. The monoisotopic (exact) mass is 1070 g/mol. The zero-order valence-electron chi connectivity index (χ0n) is 47.2. The molecule has 0 atom stereocenters. The van der Waals surface area contributed by atoms with Crippen LogP contribution in [0.25, 0.3) is 0 Å². The normalized spacial score (nSPS) is 15.0. The third-order valence-corrected chi connectivity index (χ3v) is 33.0. The summed E-state index contributed by atoms with van der Waals surface area (Å²) in [7, 11) is -4.42. The molecule has 2 aliphatic heterocycles. The third kappa shape index (κ3) is 11.3. The van der Waals surface area contributed by atoms with E-state index in [2.05, 4.69) is 272 Å². The molecule has 2 heterocycles. The molecule has 11 heteroatoms. The quantitative estimate of drug-likeness (QED) is 0.0919. The first-order valence-corrected chi connectivity index (χ1v) is 36.0. The summed E-state index contributed by atoms with van der Waals surface area (Å²) in [4.78, 5) is 11.0. The number of hydrogen-bond acceptors (Lipinski definition) is 6. The van der Waals surface area contributed by atoms with Crippen LogP contribution < -0.4 is 19.2 Å². The first kappa shape index (κ1) is 55.2. The minimum atomic E-state index is -2.18. The molecule has 0 N–H and O–H groups in total. The second kappa shape index (κ2) is 21.9. The van der Waals surface area contributed by atoms with E-state index in [1.165, 1.54) is 67.3 Å². The molecule has 6 rings (SSSR count). The van der Waals surface area contributed by atoms with Crippen LogP contribution in [0.15, 0.2) is 97.6 Å². The summed E-state index contributed by atoms with van der Waals surface area (Å²) >= 11 is -1.75. The van der Waals surface area contributed by atoms with Gasteiger partial charge in [0.15, 0.2) is 0 Å². The molecular formula is C58H90B2N6Si2Sn. The number of anilines is 4. The fourth-order valence-electron chi connectivity index (χ4n) is 10.6. The molecule has 0 bridgehead atoms. The molecule has 6 nitrogen and oxygen atoms in total. The van der Waals surface area contributed by atoms with Crippen molar-refractivity contribution in [3.8, 4) is 0 Å². The van der Waals surface area contributed by atoms with Crippen LogP contribution in [0.2, 0.25) is 39.3 Å². The predicted molar refractivity (Wildman–Crippen MR) is 314 cm³/mol. The van der Waals surface area contributed by atoms with Gasteiger partial charge in [-0.2, -0.15) is 0 Å². The van der Waals surface area contributed by atoms with Crippen molar-refractivity contribution in [1.29, 1.82) is 0 Å². The van der Waals surface area contributed by atoms with Gasteiger partial charge in [-0.1, -0.05) is 0 Å². The average Bonchev–Trinajstić information content (AvgIpc) is 3.89. The fraction of sp³-hybridized carbons (Fsp3) is 0.517. The summed E-state index contributed by atoms with van der Waals surface area (Å²) in [6, 6.07) is 28.5. The summed E-state index contributed by atoms with van der Waals surface area (Å²) < 4.78 is 6.34. The van der Waals surface area contributed by atoms with E-state index in [4.69, 9.17) is 0 Å². The van der Waals surface area contributed by atoms with E-state index < -0.39 is 38.2 Å². The number of hydrogen-bond donors (Lipinski definition) is 0. The summed E-state index contributed by atoms with van der Waals surface area (Å²) in [5.74, 6) is 2.95. The second-order valence-electron chi connectivity index (χ2n) is 24.5. The Balaban J connectivity index is 1.72. The Labute approximate surface area is 436 Å². The van der Waals surface area contributed by atoms with Gasteiger partial charge in [-0.05, 0) is 0 Å². The summed E-state index contributed by atoms with van der Waals surface area (Å²) in [6.45, 7) is 54.0. The van der Waals surface area contributed by atoms with E-state index in [1.54, 1.807) is 0 Å². The van der Waals surface area contributed by atoms with Crippen molar-refractivity contribution in [2.75, 3.05) is 19.2 Å². The molecule has 0 unspecified atom stereocenters. The maximum atomic E-state index is 3.17. The summed E-state index contributed by atoms with van der Waals surface area (Å²) in [5.41, 5.74) is 17.0. The molecule has 0 amide bonds. The third-order valence-electron chi connectivity index (χ3n) is 14.3. The van der Waals surface area contributed by atoms with Crippen LogP contribution in [0, 0.1) is 0 Å². The number of para-hydroxylation sites is 4. The van der Waals surface area contributed by atoms with E-state index in [0.29, 0.717) is 47.3 Å². The van der Waals surface area contributed by atoms with E-state index in [9.17, 15) is 0 Å². The van der Waals surface area contributed by atoms with Gasteiger partial charge in [0.1, 0.15) is 0 Å². The molecular weight excluding hydrogens is 977 g/mol. The maximum absolute atomic E-state index is 3.17. The zero-order valence-corrected chi connectivity index (χ0v) is 52.0. The molecule has 0 aliphatic carbocycles. The molecule has 0 aromatic heterocycles. The van der Waals surface area contributed by atoms with Crippen molar-refractivity contribution in [1.82, 2.24) is 5.40 Å². The molecule has 4 aromatic carbocycles. The standard InChI is InChI=1S/2C29H45BN3Si.Sn/c2*1-20(2)24-14-12-15-25(21(3)4)28(24)32-18-19-33(30(32)31-34(9,10)11)29-26(22(5)6)16-13-17-27(29)23(7)8;/h2*12-23H,1-11H3;/q2*-1;+2. The van der Waals surface area contributed by atoms with E-state index in [-0.39, 0.29) is 14.2 Å². The Morgan fingerprint density at radius 2 is 0.478 bits per heavy atom. The minimum absolute atomic E-state index is 0.0310. The van der Waals surface area contributed by atoms with E-state index in [0.717, 1.165) is 0 Å². The van der Waals surface area contributed by atoms with Gasteiger partial charge in [0.05, 0.1) is 0 Å². The van der Waals surface area contributed by atoms with Crippen molar-refractivity contribution in [3.63, 3.8) is 0 Å². The van der Waals surface area contributed by atoms with Gasteiger partial charge in [-0.25, -0.2) is 0 Å². The van der Waals surface area contributed by atoms with Gasteiger partial charge in [0.25, 0.3) is 0 Å². The van der Waals surface area contributed by atoms with Crippen molar-refractivity contribution in [3.05, 3.63) is 142 Å². The molecule has 370 valence electrons. The van der Waals surface area contributed by atoms with Crippen molar-refractivity contribution >= 4 is 75.1 Å². The number of nitrogens with zero attached hydrogens (tertiary/aromatic N) is 6. The predicted octanol–water partition coefficient (Wildman–Crippen LogP) is 16.7. The molecule has 4 aromatic rings. The SMILES string of the molecule is CC(C)c1cccc(C(C)C)c1N1C=CN(c2c(C(C)C)cccc2C(C)C)B1[N]([Sn][N](B1N(c2c(C(C)C)cccc2C(C)C)C=CN1c1c(C(C)C)cccc1C(C)C)[Si](C)(C)C)[Si](C)(C)C. The number of benzene rings is 4. The molecule has 0 fully saturated rings. The Bertz CT molecular complexity index is 2050. The van der Waals surface area contributed by atoms with Crippen LogP contribution in [-0.4, -0.2) is 57.8 Å². The van der Waals surface area contributed by atoms with Crippen molar-refractivity contribution in [2.45, 2.75) is 197 Å². The number of rotatable bonds is 18. The molecule has 69 heavy (non-hydrogen) atoms. The van der Waals surface area contributed by atoms with Gasteiger partial charge < -0.3 is 0 Å². The Morgan fingerprint density at radius 3 is 0.609 bits per heavy atom. The molecule has 0 saturated heterocycles. The van der Waals surface area contributed by atoms with Crippen LogP contribution in [0.5, 0.6) is 0 Å². The van der Waals surface area contributed by atoms with Gasteiger partial charge in [0, 0.05) is 0 Å². The summed E-state index contributed by atoms with van der Waals surface area (Å²) in [5, 5.41) is 0. The van der Waals surface area contributed by atoms with E-state index >= 15 is 0 Å². The van der Waals surface area contributed by atoms with Crippen LogP contribution >= 0.6 is 0 Å². The van der Waals surface area contributed by atoms with Gasteiger partial charge in [-0.3, -0.25) is 0 Å². The van der Waals surface area contributed by atoms with Crippen LogP contribution in [0.3, 0.4) is 0 Å². The van der Waals surface area contributed by atoms with Gasteiger partial charge >= 0.3 is 439 Å². The first-order chi connectivity index (χ1) is 32.2. The van der Waals surface area contributed by atoms with Crippen LogP contribution in [-0.2, 0) is 0 Å². The molecule has 2 aliphatic rings. The fourth-order valence-corrected chi connectivity index (χ4v) is 23.0. The Hall–Kier alpha value is -3.16. The van der Waals surface area contributed by atoms with Gasteiger partial charge in [-0.15, -0.1) is 0 Å². The van der Waals surface area contributed by atoms with Crippen LogP contribution in [0.4, 0.5) is 22.7 Å².